The van der Waals surface area contributed by atoms with Crippen LogP contribution in [0.3, 0.4) is 0 Å². The molecule has 26 heavy (non-hydrogen) atoms. The zero-order valence-corrected chi connectivity index (χ0v) is 14.9. The van der Waals surface area contributed by atoms with Crippen molar-refractivity contribution in [1.82, 2.24) is 9.55 Å². The number of aryl methyl sites for hydroxylation is 2. The summed E-state index contributed by atoms with van der Waals surface area (Å²) < 4.78 is 7.01. The number of hydrogen-bond donors (Lipinski definition) is 1. The van der Waals surface area contributed by atoms with Gasteiger partial charge in [0.15, 0.2) is 17.3 Å². The summed E-state index contributed by atoms with van der Waals surface area (Å²) in [6.45, 7) is 2.02. The summed E-state index contributed by atoms with van der Waals surface area (Å²) in [4.78, 5) is 16.7. The topological polar surface area (TPSA) is 64.3 Å². The Bertz CT molecular complexity index is 1030. The van der Waals surface area contributed by atoms with Crippen molar-refractivity contribution in [3.05, 3.63) is 65.5 Å². The summed E-state index contributed by atoms with van der Waals surface area (Å²) in [6, 6.07) is 10.9. The molecule has 0 saturated heterocycles. The molecule has 0 fully saturated rings. The third-order valence-electron chi connectivity index (χ3n) is 4.19. The number of benzene rings is 2. The number of imidazole rings is 1. The van der Waals surface area contributed by atoms with E-state index in [-0.39, 0.29) is 11.5 Å². The first-order valence-electron chi connectivity index (χ1n) is 8.19. The van der Waals surface area contributed by atoms with Gasteiger partial charge in [-0.05, 0) is 54.5 Å². The fraction of sp³-hybridized carbons (Fsp3) is 0.143. The van der Waals surface area contributed by atoms with E-state index in [1.165, 1.54) is 25.3 Å². The quantitative estimate of drug-likeness (QED) is 0.711. The monoisotopic (exact) mass is 348 g/mol. The van der Waals surface area contributed by atoms with E-state index in [0.29, 0.717) is 5.75 Å². The Morgan fingerprint density at radius 3 is 2.69 bits per heavy atom. The van der Waals surface area contributed by atoms with E-state index in [9.17, 15) is 9.90 Å². The zero-order valence-electron chi connectivity index (χ0n) is 14.9. The number of nitrogens with zero attached hydrogens (tertiary/aromatic N) is 2. The van der Waals surface area contributed by atoms with Gasteiger partial charge < -0.3 is 14.4 Å². The number of hydrogen-bond acceptors (Lipinski definition) is 4. The minimum absolute atomic E-state index is 0.0630. The number of allylic oxidation sites excluding steroid dienone is 2. The first-order valence-corrected chi connectivity index (χ1v) is 8.19. The third-order valence-corrected chi connectivity index (χ3v) is 4.19. The maximum Gasteiger partial charge on any atom is 0.178 e. The van der Waals surface area contributed by atoms with Crippen molar-refractivity contribution in [3.63, 3.8) is 0 Å². The number of para-hydroxylation sites is 1. The van der Waals surface area contributed by atoms with Gasteiger partial charge in [-0.1, -0.05) is 24.3 Å². The van der Waals surface area contributed by atoms with Crippen molar-refractivity contribution in [2.24, 2.45) is 7.05 Å². The molecule has 1 heterocycles. The van der Waals surface area contributed by atoms with Crippen LogP contribution in [0, 0.1) is 6.92 Å². The predicted molar refractivity (Wildman–Crippen MR) is 103 cm³/mol. The van der Waals surface area contributed by atoms with Gasteiger partial charge in [-0.2, -0.15) is 0 Å². The molecule has 5 heteroatoms. The van der Waals surface area contributed by atoms with Crippen LogP contribution in [-0.4, -0.2) is 27.6 Å². The molecule has 0 radical (unpaired) electrons. The Hall–Kier alpha value is -3.34. The summed E-state index contributed by atoms with van der Waals surface area (Å²) >= 11 is 0. The second-order valence-electron chi connectivity index (χ2n) is 5.97. The first-order chi connectivity index (χ1) is 12.5. The van der Waals surface area contributed by atoms with Crippen molar-refractivity contribution < 1.29 is 14.6 Å². The van der Waals surface area contributed by atoms with Crippen molar-refractivity contribution in [3.8, 4) is 11.5 Å². The van der Waals surface area contributed by atoms with E-state index >= 15 is 0 Å². The van der Waals surface area contributed by atoms with Crippen molar-refractivity contribution in [2.45, 2.75) is 6.92 Å². The van der Waals surface area contributed by atoms with E-state index < -0.39 is 0 Å². The van der Waals surface area contributed by atoms with Gasteiger partial charge in [-0.25, -0.2) is 4.98 Å². The number of aromatic nitrogens is 2. The summed E-state index contributed by atoms with van der Waals surface area (Å²) in [7, 11) is 3.41. The lowest BCUT2D eigenvalue weighted by molar-refractivity contribution is -0.110. The van der Waals surface area contributed by atoms with Gasteiger partial charge in [0.1, 0.15) is 5.82 Å². The number of carbonyl (C=O) groups is 1. The summed E-state index contributed by atoms with van der Waals surface area (Å²) in [5.41, 5.74) is 3.84. The zero-order chi connectivity index (χ0) is 18.7. The van der Waals surface area contributed by atoms with Crippen LogP contribution in [0.2, 0.25) is 0 Å². The highest BCUT2D eigenvalue weighted by molar-refractivity contribution is 6.04. The molecule has 5 nitrogen and oxygen atoms in total. The number of ketones is 1. The fourth-order valence-electron chi connectivity index (χ4n) is 2.71. The largest absolute Gasteiger partial charge is 0.504 e. The van der Waals surface area contributed by atoms with E-state index in [4.69, 9.17) is 4.74 Å². The average molecular weight is 348 g/mol. The molecule has 0 aliphatic heterocycles. The smallest absolute Gasteiger partial charge is 0.178 e. The van der Waals surface area contributed by atoms with Crippen LogP contribution in [0.25, 0.3) is 23.2 Å². The molecule has 0 bridgehead atoms. The minimum Gasteiger partial charge on any atom is -0.504 e. The summed E-state index contributed by atoms with van der Waals surface area (Å²) in [6.07, 6.45) is 6.35. The number of carbonyl (C=O) groups excluding carboxylic acids is 1. The van der Waals surface area contributed by atoms with Gasteiger partial charge in [0.25, 0.3) is 0 Å². The lowest BCUT2D eigenvalue weighted by Gasteiger charge is -2.03. The van der Waals surface area contributed by atoms with Crippen LogP contribution in [0.15, 0.2) is 48.6 Å². The number of rotatable bonds is 5. The Kier molecular flexibility index (Phi) is 4.89. The van der Waals surface area contributed by atoms with Gasteiger partial charge in [-0.3, -0.25) is 4.79 Å². The maximum atomic E-state index is 12.1. The molecule has 0 unspecified atom stereocenters. The molecule has 0 aliphatic rings. The number of ether oxygens (including phenoxy) is 1. The number of fused-ring (bicyclic) bond motifs is 1. The van der Waals surface area contributed by atoms with Crippen molar-refractivity contribution >= 4 is 29.0 Å². The Morgan fingerprint density at radius 1 is 1.19 bits per heavy atom. The molecule has 0 amide bonds. The van der Waals surface area contributed by atoms with E-state index in [1.54, 1.807) is 24.3 Å². The molecular formula is C21H20N2O3. The van der Waals surface area contributed by atoms with Gasteiger partial charge >= 0.3 is 0 Å². The van der Waals surface area contributed by atoms with E-state index in [1.807, 2.05) is 36.7 Å². The molecule has 0 atom stereocenters. The highest BCUT2D eigenvalue weighted by atomic mass is 16.5. The SMILES string of the molecule is COc1cc(/C=C/C(=O)/C=C/c2nc3c(C)cccc3n2C)ccc1O. The van der Waals surface area contributed by atoms with Crippen LogP contribution >= 0.6 is 0 Å². The lowest BCUT2D eigenvalue weighted by Crippen LogP contribution is -1.92. The maximum absolute atomic E-state index is 12.1. The molecule has 0 aliphatic carbocycles. The molecule has 3 aromatic rings. The molecule has 3 rings (SSSR count). The Labute approximate surface area is 151 Å². The minimum atomic E-state index is -0.152. The van der Waals surface area contributed by atoms with E-state index in [2.05, 4.69) is 4.98 Å². The second kappa shape index (κ2) is 7.27. The van der Waals surface area contributed by atoms with Gasteiger partial charge in [0, 0.05) is 7.05 Å². The number of aromatic hydroxyl groups is 1. The highest BCUT2D eigenvalue weighted by Crippen LogP contribution is 2.26. The molecular weight excluding hydrogens is 328 g/mol. The van der Waals surface area contributed by atoms with Crippen molar-refractivity contribution in [1.29, 1.82) is 0 Å². The van der Waals surface area contributed by atoms with E-state index in [0.717, 1.165) is 28.0 Å². The normalized spacial score (nSPS) is 11.7. The van der Waals surface area contributed by atoms with Crippen LogP contribution in [0.4, 0.5) is 0 Å². The first kappa shape index (κ1) is 17.5. The van der Waals surface area contributed by atoms with Crippen LogP contribution < -0.4 is 4.74 Å². The molecule has 0 spiro atoms. The number of methoxy groups -OCH3 is 1. The van der Waals surface area contributed by atoms with Gasteiger partial charge in [0.05, 0.1) is 18.1 Å². The van der Waals surface area contributed by atoms with Gasteiger partial charge in [0.2, 0.25) is 0 Å². The van der Waals surface area contributed by atoms with Crippen LogP contribution in [-0.2, 0) is 11.8 Å². The highest BCUT2D eigenvalue weighted by Gasteiger charge is 2.07. The van der Waals surface area contributed by atoms with Crippen LogP contribution in [0.1, 0.15) is 17.0 Å². The molecule has 0 saturated carbocycles. The molecule has 132 valence electrons. The second-order valence-corrected chi connectivity index (χ2v) is 5.97. The lowest BCUT2D eigenvalue weighted by atomic mass is 10.1. The van der Waals surface area contributed by atoms with Crippen molar-refractivity contribution in [2.75, 3.05) is 7.11 Å². The van der Waals surface area contributed by atoms with Crippen LogP contribution in [0.5, 0.6) is 11.5 Å². The molecule has 1 aromatic heterocycles. The Morgan fingerprint density at radius 2 is 1.96 bits per heavy atom. The third kappa shape index (κ3) is 3.52. The average Bonchev–Trinajstić information content (AvgIpc) is 2.97. The summed E-state index contributed by atoms with van der Waals surface area (Å²) in [5, 5.41) is 9.59. The number of phenolic OH excluding ortho intramolecular Hbond substituents is 1. The predicted octanol–water partition coefficient (Wildman–Crippen LogP) is 3.89. The number of phenols is 1. The molecule has 2 aromatic carbocycles. The Balaban J connectivity index is 1.78. The molecule has 1 N–H and O–H groups in total. The van der Waals surface area contributed by atoms with Gasteiger partial charge in [-0.15, -0.1) is 0 Å². The summed E-state index contributed by atoms with van der Waals surface area (Å²) in [5.74, 6) is 1.00. The fourth-order valence-corrected chi connectivity index (χ4v) is 2.71. The standard InChI is InChI=1S/C21H20N2O3/c1-14-5-4-6-17-21(14)22-20(23(17)2)12-10-16(24)9-7-15-8-11-18(25)19(13-15)26-3/h4-13,25H,1-3H3/b9-7+,12-10+.